The van der Waals surface area contributed by atoms with Crippen LogP contribution in [0.25, 0.3) is 0 Å². The number of benzene rings is 2. The highest BCUT2D eigenvalue weighted by atomic mass is 79.9. The number of carbonyl (C=O) groups excluding carboxylic acids is 4. The molecule has 30 heavy (non-hydrogen) atoms. The van der Waals surface area contributed by atoms with E-state index in [4.69, 9.17) is 4.74 Å². The van der Waals surface area contributed by atoms with Crippen LogP contribution in [0.4, 0.5) is 5.69 Å². The fourth-order valence-corrected chi connectivity index (χ4v) is 3.53. The molecule has 8 heteroatoms. The van der Waals surface area contributed by atoms with E-state index in [0.717, 1.165) is 15.7 Å². The fraction of sp³-hybridized carbons (Fsp3) is 0.273. The first kappa shape index (κ1) is 21.7. The van der Waals surface area contributed by atoms with E-state index in [-0.39, 0.29) is 18.2 Å². The number of nitrogens with zero attached hydrogens (tertiary/aromatic N) is 1. The maximum absolute atomic E-state index is 12.6. The number of esters is 1. The molecule has 2 amide bonds. The second-order valence-electron chi connectivity index (χ2n) is 6.95. The predicted octanol–water partition coefficient (Wildman–Crippen LogP) is 2.90. The number of rotatable bonds is 6. The Balaban J connectivity index is 1.55. The molecule has 0 saturated carbocycles. The lowest BCUT2D eigenvalue weighted by Crippen LogP contribution is -2.34. The van der Waals surface area contributed by atoms with Crippen molar-refractivity contribution in [1.82, 2.24) is 5.32 Å². The Morgan fingerprint density at radius 1 is 1.10 bits per heavy atom. The molecule has 1 N–H and O–H groups in total. The molecule has 0 saturated heterocycles. The van der Waals surface area contributed by atoms with E-state index in [2.05, 4.69) is 21.2 Å². The molecule has 2 aromatic rings. The number of halogens is 1. The van der Waals surface area contributed by atoms with E-state index in [1.807, 2.05) is 0 Å². The molecule has 0 fully saturated rings. The quantitative estimate of drug-likeness (QED) is 0.515. The van der Waals surface area contributed by atoms with Crippen LogP contribution in [0.2, 0.25) is 0 Å². The Bertz CT molecular complexity index is 1000. The van der Waals surface area contributed by atoms with Crippen LogP contribution in [-0.2, 0) is 20.7 Å². The van der Waals surface area contributed by atoms with E-state index >= 15 is 0 Å². The van der Waals surface area contributed by atoms with Crippen molar-refractivity contribution in [3.8, 4) is 0 Å². The van der Waals surface area contributed by atoms with E-state index in [1.54, 1.807) is 47.4 Å². The smallest absolute Gasteiger partial charge is 0.326 e. The summed E-state index contributed by atoms with van der Waals surface area (Å²) in [6, 6.07) is 11.8. The number of amides is 2. The molecule has 0 spiro atoms. The number of carbonyl (C=O) groups is 4. The topological polar surface area (TPSA) is 92.8 Å². The van der Waals surface area contributed by atoms with Crippen LogP contribution in [0, 0.1) is 0 Å². The molecular formula is C22H21BrN2O5. The minimum absolute atomic E-state index is 0.0414. The molecule has 0 aliphatic carbocycles. The Morgan fingerprint density at radius 3 is 2.43 bits per heavy atom. The van der Waals surface area contributed by atoms with Gasteiger partial charge in [0.15, 0.2) is 6.10 Å². The Morgan fingerprint density at radius 2 is 1.77 bits per heavy atom. The fourth-order valence-electron chi connectivity index (χ4n) is 3.26. The van der Waals surface area contributed by atoms with Crippen LogP contribution in [0.5, 0.6) is 0 Å². The average molecular weight is 473 g/mol. The summed E-state index contributed by atoms with van der Waals surface area (Å²) in [6.07, 6.45) is -0.322. The lowest BCUT2D eigenvalue weighted by molar-refractivity contribution is -0.145. The maximum Gasteiger partial charge on any atom is 0.326 e. The third kappa shape index (κ3) is 4.94. The SMILES string of the molecule is CC(=O)N1CCc2cc(C(=O)C(C)OC(=O)CNC(=O)c3ccc(Br)cc3)ccc21. The molecular weight excluding hydrogens is 452 g/mol. The largest absolute Gasteiger partial charge is 0.453 e. The zero-order valence-corrected chi connectivity index (χ0v) is 18.2. The van der Waals surface area contributed by atoms with Crippen molar-refractivity contribution in [2.75, 3.05) is 18.0 Å². The van der Waals surface area contributed by atoms with Crippen molar-refractivity contribution in [3.05, 3.63) is 63.6 Å². The number of ether oxygens (including phenoxy) is 1. The third-order valence-electron chi connectivity index (χ3n) is 4.82. The first-order valence-corrected chi connectivity index (χ1v) is 10.2. The van der Waals surface area contributed by atoms with Crippen molar-refractivity contribution >= 4 is 45.2 Å². The van der Waals surface area contributed by atoms with Crippen molar-refractivity contribution in [1.29, 1.82) is 0 Å². The number of ketones is 1. The summed E-state index contributed by atoms with van der Waals surface area (Å²) in [5, 5.41) is 2.47. The summed E-state index contributed by atoms with van der Waals surface area (Å²) < 4.78 is 6.01. The summed E-state index contributed by atoms with van der Waals surface area (Å²) in [5.74, 6) is -1.50. The predicted molar refractivity (Wildman–Crippen MR) is 115 cm³/mol. The lowest BCUT2D eigenvalue weighted by atomic mass is 10.0. The minimum atomic E-state index is -0.995. The van der Waals surface area contributed by atoms with Crippen LogP contribution in [-0.4, -0.2) is 42.8 Å². The second kappa shape index (κ2) is 9.21. The van der Waals surface area contributed by atoms with Gasteiger partial charge >= 0.3 is 5.97 Å². The minimum Gasteiger partial charge on any atom is -0.453 e. The van der Waals surface area contributed by atoms with Gasteiger partial charge in [0, 0.05) is 34.8 Å². The van der Waals surface area contributed by atoms with Gasteiger partial charge in [-0.25, -0.2) is 0 Å². The molecule has 0 bridgehead atoms. The second-order valence-corrected chi connectivity index (χ2v) is 7.87. The van der Waals surface area contributed by atoms with Crippen LogP contribution in [0.3, 0.4) is 0 Å². The highest BCUT2D eigenvalue weighted by Gasteiger charge is 2.25. The van der Waals surface area contributed by atoms with Gasteiger partial charge in [-0.15, -0.1) is 0 Å². The van der Waals surface area contributed by atoms with Gasteiger partial charge in [0.1, 0.15) is 6.54 Å². The Labute approximate surface area is 182 Å². The molecule has 1 heterocycles. The molecule has 1 atom stereocenters. The van der Waals surface area contributed by atoms with Crippen molar-refractivity contribution in [2.24, 2.45) is 0 Å². The summed E-state index contributed by atoms with van der Waals surface area (Å²) in [4.78, 5) is 50.0. The maximum atomic E-state index is 12.6. The normalized spacial score (nSPS) is 13.4. The van der Waals surface area contributed by atoms with Gasteiger partial charge in [-0.2, -0.15) is 0 Å². The van der Waals surface area contributed by atoms with E-state index < -0.39 is 18.0 Å². The molecule has 7 nitrogen and oxygen atoms in total. The lowest BCUT2D eigenvalue weighted by Gasteiger charge is -2.16. The summed E-state index contributed by atoms with van der Waals surface area (Å²) in [7, 11) is 0. The monoisotopic (exact) mass is 472 g/mol. The summed E-state index contributed by atoms with van der Waals surface area (Å²) >= 11 is 3.29. The first-order chi connectivity index (χ1) is 14.3. The molecule has 2 aromatic carbocycles. The van der Waals surface area contributed by atoms with Gasteiger partial charge in [0.25, 0.3) is 5.91 Å². The van der Waals surface area contributed by atoms with Gasteiger partial charge in [0.05, 0.1) is 0 Å². The van der Waals surface area contributed by atoms with Crippen LogP contribution in [0.15, 0.2) is 46.9 Å². The molecule has 0 radical (unpaired) electrons. The summed E-state index contributed by atoms with van der Waals surface area (Å²) in [5.41, 5.74) is 2.54. The highest BCUT2D eigenvalue weighted by Crippen LogP contribution is 2.29. The Kier molecular flexibility index (Phi) is 6.66. The number of Topliss-reactive ketones (excluding diaryl/α,β-unsaturated/α-hetero) is 1. The summed E-state index contributed by atoms with van der Waals surface area (Å²) in [6.45, 7) is 3.24. The van der Waals surface area contributed by atoms with E-state index in [9.17, 15) is 19.2 Å². The molecule has 1 unspecified atom stereocenters. The number of hydrogen-bond donors (Lipinski definition) is 1. The van der Waals surface area contributed by atoms with Crippen LogP contribution < -0.4 is 10.2 Å². The zero-order valence-electron chi connectivity index (χ0n) is 16.6. The van der Waals surface area contributed by atoms with Crippen molar-refractivity contribution in [3.63, 3.8) is 0 Å². The van der Waals surface area contributed by atoms with Crippen LogP contribution in [0.1, 0.15) is 40.1 Å². The molecule has 0 aromatic heterocycles. The standard InChI is InChI=1S/C22H21BrN2O5/c1-13(30-20(27)12-24-22(29)15-3-6-18(23)7-4-15)21(28)17-5-8-19-16(11-17)9-10-25(19)14(2)26/h3-8,11,13H,9-10,12H2,1-2H3,(H,24,29). The third-order valence-corrected chi connectivity index (χ3v) is 5.35. The van der Waals surface area contributed by atoms with E-state index in [1.165, 1.54) is 13.8 Å². The molecule has 3 rings (SSSR count). The van der Waals surface area contributed by atoms with Crippen molar-refractivity contribution in [2.45, 2.75) is 26.4 Å². The van der Waals surface area contributed by atoms with E-state index in [0.29, 0.717) is 24.1 Å². The number of nitrogens with one attached hydrogen (secondary N) is 1. The van der Waals surface area contributed by atoms with Crippen molar-refractivity contribution < 1.29 is 23.9 Å². The number of hydrogen-bond acceptors (Lipinski definition) is 5. The van der Waals surface area contributed by atoms with Gasteiger partial charge in [-0.3, -0.25) is 19.2 Å². The average Bonchev–Trinajstić information content (AvgIpc) is 3.15. The molecule has 156 valence electrons. The van der Waals surface area contributed by atoms with Gasteiger partial charge in [0.2, 0.25) is 11.7 Å². The first-order valence-electron chi connectivity index (χ1n) is 9.44. The zero-order chi connectivity index (χ0) is 21.8. The van der Waals surface area contributed by atoms with Gasteiger partial charge in [-0.05, 0) is 61.4 Å². The van der Waals surface area contributed by atoms with Gasteiger partial charge < -0.3 is 15.0 Å². The van der Waals surface area contributed by atoms with Crippen LogP contribution >= 0.6 is 15.9 Å². The molecule has 1 aliphatic rings. The number of fused-ring (bicyclic) bond motifs is 1. The number of anilines is 1. The van der Waals surface area contributed by atoms with Gasteiger partial charge in [-0.1, -0.05) is 15.9 Å². The molecule has 1 aliphatic heterocycles. The Hall–Kier alpha value is -3.00. The highest BCUT2D eigenvalue weighted by molar-refractivity contribution is 9.10.